The molecule has 0 spiro atoms. The van der Waals surface area contributed by atoms with Crippen molar-refractivity contribution in [3.8, 4) is 0 Å². The van der Waals surface area contributed by atoms with E-state index in [1.54, 1.807) is 4.90 Å². The molecule has 0 bridgehead atoms. The standard InChI is InChI=1S/C13H14F3N3OS/c14-13(15,16)7-3-4-9(8(6-7)12(18)21)19-5-1-2-10(19)11(17)20/h3-4,6,10H,1-2,5H2,(H2,17,20)(H2,18,21). The average Bonchev–Trinajstić information content (AvgIpc) is 2.85. The van der Waals surface area contributed by atoms with E-state index in [2.05, 4.69) is 0 Å². The van der Waals surface area contributed by atoms with Crippen LogP contribution in [0.4, 0.5) is 18.9 Å². The first kappa shape index (κ1) is 15.6. The van der Waals surface area contributed by atoms with Crippen LogP contribution in [-0.2, 0) is 11.0 Å². The maximum absolute atomic E-state index is 12.8. The number of carbonyl (C=O) groups is 1. The summed E-state index contributed by atoms with van der Waals surface area (Å²) in [6.07, 6.45) is -3.19. The third-order valence-corrected chi connectivity index (χ3v) is 3.70. The van der Waals surface area contributed by atoms with Crippen molar-refractivity contribution in [3.05, 3.63) is 29.3 Å². The molecule has 1 aliphatic rings. The molecule has 2 rings (SSSR count). The Morgan fingerprint density at radius 3 is 2.52 bits per heavy atom. The van der Waals surface area contributed by atoms with Gasteiger partial charge in [-0.25, -0.2) is 0 Å². The van der Waals surface area contributed by atoms with Gasteiger partial charge in [-0.2, -0.15) is 13.2 Å². The van der Waals surface area contributed by atoms with Crippen molar-refractivity contribution in [1.82, 2.24) is 0 Å². The number of carbonyl (C=O) groups excluding carboxylic acids is 1. The Morgan fingerprint density at radius 1 is 1.33 bits per heavy atom. The van der Waals surface area contributed by atoms with Gasteiger partial charge in [0.05, 0.1) is 5.56 Å². The van der Waals surface area contributed by atoms with Gasteiger partial charge in [0.2, 0.25) is 5.91 Å². The highest BCUT2D eigenvalue weighted by molar-refractivity contribution is 7.80. The molecule has 0 aromatic heterocycles. The van der Waals surface area contributed by atoms with Crippen LogP contribution in [0.2, 0.25) is 0 Å². The smallest absolute Gasteiger partial charge is 0.389 e. The lowest BCUT2D eigenvalue weighted by Crippen LogP contribution is -2.41. The fourth-order valence-electron chi connectivity index (χ4n) is 2.51. The van der Waals surface area contributed by atoms with Gasteiger partial charge in [0.15, 0.2) is 0 Å². The second kappa shape index (κ2) is 5.51. The summed E-state index contributed by atoms with van der Waals surface area (Å²) < 4.78 is 38.3. The number of primary amides is 1. The molecule has 1 amide bonds. The van der Waals surface area contributed by atoms with Gasteiger partial charge >= 0.3 is 6.18 Å². The van der Waals surface area contributed by atoms with Crippen LogP contribution >= 0.6 is 12.2 Å². The molecule has 1 aromatic rings. The number of nitrogens with two attached hydrogens (primary N) is 2. The van der Waals surface area contributed by atoms with Gasteiger partial charge in [0.1, 0.15) is 11.0 Å². The summed E-state index contributed by atoms with van der Waals surface area (Å²) in [6.45, 7) is 0.522. The Bertz CT molecular complexity index is 589. The van der Waals surface area contributed by atoms with Gasteiger partial charge < -0.3 is 16.4 Å². The highest BCUT2D eigenvalue weighted by Gasteiger charge is 2.34. The molecule has 1 aromatic carbocycles. The van der Waals surface area contributed by atoms with Crippen LogP contribution in [0.5, 0.6) is 0 Å². The number of thiocarbonyl (C=S) groups is 1. The Morgan fingerprint density at radius 2 is 2.00 bits per heavy atom. The van der Waals surface area contributed by atoms with E-state index in [1.807, 2.05) is 0 Å². The van der Waals surface area contributed by atoms with Crippen LogP contribution in [0.3, 0.4) is 0 Å². The number of hydrogen-bond donors (Lipinski definition) is 2. The highest BCUT2D eigenvalue weighted by Crippen LogP contribution is 2.35. The summed E-state index contributed by atoms with van der Waals surface area (Å²) in [5, 5.41) is 0. The molecule has 1 aliphatic heterocycles. The molecule has 8 heteroatoms. The number of benzene rings is 1. The minimum Gasteiger partial charge on any atom is -0.389 e. The summed E-state index contributed by atoms with van der Waals surface area (Å²) >= 11 is 4.84. The van der Waals surface area contributed by atoms with Gasteiger partial charge in [-0.15, -0.1) is 0 Å². The molecule has 1 heterocycles. The SMILES string of the molecule is NC(=O)C1CCCN1c1ccc(C(F)(F)F)cc1C(N)=S. The zero-order valence-corrected chi connectivity index (χ0v) is 11.8. The molecular formula is C13H14F3N3OS. The number of anilines is 1. The van der Waals surface area contributed by atoms with E-state index in [9.17, 15) is 18.0 Å². The minimum absolute atomic E-state index is 0.105. The number of amides is 1. The molecule has 114 valence electrons. The summed E-state index contributed by atoms with van der Waals surface area (Å²) in [4.78, 5) is 12.9. The lowest BCUT2D eigenvalue weighted by atomic mass is 10.1. The number of hydrogen-bond acceptors (Lipinski definition) is 3. The van der Waals surface area contributed by atoms with Crippen LogP contribution in [0.25, 0.3) is 0 Å². The van der Waals surface area contributed by atoms with Crippen LogP contribution in [-0.4, -0.2) is 23.5 Å². The maximum atomic E-state index is 12.8. The fourth-order valence-corrected chi connectivity index (χ4v) is 2.67. The summed E-state index contributed by atoms with van der Waals surface area (Å²) in [6, 6.07) is 2.61. The van der Waals surface area contributed by atoms with E-state index in [4.69, 9.17) is 23.7 Å². The Balaban J connectivity index is 2.49. The van der Waals surface area contributed by atoms with E-state index in [0.717, 1.165) is 18.6 Å². The summed E-state index contributed by atoms with van der Waals surface area (Å²) in [5.74, 6) is -0.513. The van der Waals surface area contributed by atoms with Gasteiger partial charge in [-0.05, 0) is 31.0 Å². The van der Waals surface area contributed by atoms with Crippen molar-refractivity contribution in [2.75, 3.05) is 11.4 Å². The first-order valence-electron chi connectivity index (χ1n) is 6.29. The number of rotatable bonds is 3. The minimum atomic E-state index is -4.48. The van der Waals surface area contributed by atoms with E-state index in [-0.39, 0.29) is 10.6 Å². The maximum Gasteiger partial charge on any atom is 0.416 e. The van der Waals surface area contributed by atoms with Crippen LogP contribution in [0.1, 0.15) is 24.0 Å². The second-order valence-electron chi connectivity index (χ2n) is 4.85. The van der Waals surface area contributed by atoms with E-state index >= 15 is 0 Å². The Kier molecular flexibility index (Phi) is 4.08. The molecule has 1 unspecified atom stereocenters. The van der Waals surface area contributed by atoms with Crippen molar-refractivity contribution in [1.29, 1.82) is 0 Å². The molecule has 0 radical (unpaired) electrons. The van der Waals surface area contributed by atoms with Crippen LogP contribution in [0.15, 0.2) is 18.2 Å². The first-order valence-corrected chi connectivity index (χ1v) is 6.69. The van der Waals surface area contributed by atoms with Crippen molar-refractivity contribution >= 4 is 28.8 Å². The van der Waals surface area contributed by atoms with Crippen molar-refractivity contribution in [2.45, 2.75) is 25.1 Å². The molecule has 4 N–H and O–H groups in total. The number of nitrogens with zero attached hydrogens (tertiary/aromatic N) is 1. The Hall–Kier alpha value is -1.83. The van der Waals surface area contributed by atoms with Gasteiger partial charge in [0, 0.05) is 17.8 Å². The molecule has 1 fully saturated rings. The van der Waals surface area contributed by atoms with Crippen LogP contribution in [0, 0.1) is 0 Å². The molecular weight excluding hydrogens is 303 g/mol. The lowest BCUT2D eigenvalue weighted by Gasteiger charge is -2.27. The monoisotopic (exact) mass is 317 g/mol. The third-order valence-electron chi connectivity index (χ3n) is 3.48. The molecule has 4 nitrogen and oxygen atoms in total. The molecule has 1 saturated heterocycles. The first-order chi connectivity index (χ1) is 9.71. The van der Waals surface area contributed by atoms with Crippen LogP contribution < -0.4 is 16.4 Å². The zero-order chi connectivity index (χ0) is 15.8. The molecule has 0 saturated carbocycles. The van der Waals surface area contributed by atoms with E-state index in [0.29, 0.717) is 18.7 Å². The van der Waals surface area contributed by atoms with Crippen molar-refractivity contribution in [2.24, 2.45) is 11.5 Å². The molecule has 1 atom stereocenters. The normalized spacial score (nSPS) is 18.8. The second-order valence-corrected chi connectivity index (χ2v) is 5.29. The molecule has 0 aliphatic carbocycles. The third kappa shape index (κ3) is 3.10. The van der Waals surface area contributed by atoms with Gasteiger partial charge in [-0.1, -0.05) is 12.2 Å². The lowest BCUT2D eigenvalue weighted by molar-refractivity contribution is -0.137. The van der Waals surface area contributed by atoms with Crippen molar-refractivity contribution in [3.63, 3.8) is 0 Å². The molecule has 21 heavy (non-hydrogen) atoms. The number of halogens is 3. The number of alkyl halides is 3. The fraction of sp³-hybridized carbons (Fsp3) is 0.385. The predicted octanol–water partition coefficient (Wildman–Crippen LogP) is 1.79. The van der Waals surface area contributed by atoms with Gasteiger partial charge in [0.25, 0.3) is 0 Å². The largest absolute Gasteiger partial charge is 0.416 e. The summed E-state index contributed by atoms with van der Waals surface area (Å²) in [5.41, 5.74) is 10.6. The predicted molar refractivity (Wildman–Crippen MR) is 76.9 cm³/mol. The highest BCUT2D eigenvalue weighted by atomic mass is 32.1. The van der Waals surface area contributed by atoms with E-state index in [1.165, 1.54) is 6.07 Å². The Labute approximate surface area is 124 Å². The average molecular weight is 317 g/mol. The van der Waals surface area contributed by atoms with Gasteiger partial charge in [-0.3, -0.25) is 4.79 Å². The quantitative estimate of drug-likeness (QED) is 0.834. The topological polar surface area (TPSA) is 72.4 Å². The zero-order valence-electron chi connectivity index (χ0n) is 11.0. The van der Waals surface area contributed by atoms with E-state index < -0.39 is 23.7 Å². The van der Waals surface area contributed by atoms with Crippen molar-refractivity contribution < 1.29 is 18.0 Å². The summed E-state index contributed by atoms with van der Waals surface area (Å²) in [7, 11) is 0.